The van der Waals surface area contributed by atoms with Gasteiger partial charge in [0, 0.05) is 19.0 Å². The van der Waals surface area contributed by atoms with Crippen LogP contribution >= 0.6 is 0 Å². The minimum Gasteiger partial charge on any atom is -0.370 e. The van der Waals surface area contributed by atoms with Crippen LogP contribution in [-0.4, -0.2) is 24.0 Å². The van der Waals surface area contributed by atoms with E-state index in [0.29, 0.717) is 5.82 Å². The third-order valence-electron chi connectivity index (χ3n) is 4.08. The summed E-state index contributed by atoms with van der Waals surface area (Å²) in [5.74, 6) is 0.814. The summed E-state index contributed by atoms with van der Waals surface area (Å²) >= 11 is 0. The van der Waals surface area contributed by atoms with Crippen molar-refractivity contribution in [3.63, 3.8) is 0 Å². The SMILES string of the molecule is CCC(CC)C(=O)Nc1ccc(N2CCCCC2)cn1. The molecular formula is C16H25N3O. The fourth-order valence-corrected chi connectivity index (χ4v) is 2.69. The standard InChI is InChI=1S/C16H25N3O/c1-3-13(4-2)16(20)18-15-9-8-14(12-17-15)19-10-6-5-7-11-19/h8-9,12-13H,3-7,10-11H2,1-2H3,(H,17,18,20). The number of carbonyl (C=O) groups excluding carboxylic acids is 1. The molecule has 1 aromatic heterocycles. The smallest absolute Gasteiger partial charge is 0.228 e. The van der Waals surface area contributed by atoms with Crippen LogP contribution in [0.3, 0.4) is 0 Å². The number of anilines is 2. The Balaban J connectivity index is 1.95. The minimum atomic E-state index is 0.0771. The first kappa shape index (κ1) is 14.8. The van der Waals surface area contributed by atoms with Crippen molar-refractivity contribution < 1.29 is 4.79 Å². The highest BCUT2D eigenvalue weighted by molar-refractivity contribution is 5.91. The lowest BCUT2D eigenvalue weighted by Crippen LogP contribution is -2.29. The molecule has 110 valence electrons. The molecular weight excluding hydrogens is 250 g/mol. The maximum atomic E-state index is 12.0. The normalized spacial score (nSPS) is 15.4. The lowest BCUT2D eigenvalue weighted by molar-refractivity contribution is -0.120. The molecule has 1 aliphatic rings. The van der Waals surface area contributed by atoms with E-state index in [9.17, 15) is 4.79 Å². The average Bonchev–Trinajstić information content (AvgIpc) is 2.50. The van der Waals surface area contributed by atoms with E-state index in [0.717, 1.165) is 31.6 Å². The predicted octanol–water partition coefficient (Wildman–Crippen LogP) is 3.45. The number of nitrogens with zero attached hydrogens (tertiary/aromatic N) is 2. The number of rotatable bonds is 5. The largest absolute Gasteiger partial charge is 0.370 e. The van der Waals surface area contributed by atoms with Gasteiger partial charge >= 0.3 is 0 Å². The predicted molar refractivity (Wildman–Crippen MR) is 83.0 cm³/mol. The van der Waals surface area contributed by atoms with Crippen LogP contribution in [-0.2, 0) is 4.79 Å². The van der Waals surface area contributed by atoms with Gasteiger partial charge in [0.05, 0.1) is 11.9 Å². The van der Waals surface area contributed by atoms with Crippen LogP contribution in [0.2, 0.25) is 0 Å². The fourth-order valence-electron chi connectivity index (χ4n) is 2.69. The highest BCUT2D eigenvalue weighted by Crippen LogP contribution is 2.20. The van der Waals surface area contributed by atoms with Gasteiger partial charge in [-0.2, -0.15) is 0 Å². The first-order chi connectivity index (χ1) is 9.74. The molecule has 0 unspecified atom stereocenters. The van der Waals surface area contributed by atoms with E-state index >= 15 is 0 Å². The summed E-state index contributed by atoms with van der Waals surface area (Å²) in [4.78, 5) is 18.7. The number of aromatic nitrogens is 1. The summed E-state index contributed by atoms with van der Waals surface area (Å²) in [7, 11) is 0. The minimum absolute atomic E-state index is 0.0771. The Morgan fingerprint density at radius 2 is 1.95 bits per heavy atom. The zero-order valence-electron chi connectivity index (χ0n) is 12.6. The number of hydrogen-bond donors (Lipinski definition) is 1. The summed E-state index contributed by atoms with van der Waals surface area (Å²) in [5, 5.41) is 2.91. The molecule has 2 heterocycles. The molecule has 1 fully saturated rings. The van der Waals surface area contributed by atoms with Crippen LogP contribution in [0.15, 0.2) is 18.3 Å². The van der Waals surface area contributed by atoms with Gasteiger partial charge in [-0.05, 0) is 44.2 Å². The first-order valence-electron chi connectivity index (χ1n) is 7.76. The van der Waals surface area contributed by atoms with Crippen LogP contribution in [0, 0.1) is 5.92 Å². The van der Waals surface area contributed by atoms with Crippen LogP contribution in [0.5, 0.6) is 0 Å². The molecule has 4 heteroatoms. The topological polar surface area (TPSA) is 45.2 Å². The van der Waals surface area contributed by atoms with Gasteiger partial charge in [-0.25, -0.2) is 4.98 Å². The van der Waals surface area contributed by atoms with Crippen molar-refractivity contribution in [1.29, 1.82) is 0 Å². The number of amides is 1. The van der Waals surface area contributed by atoms with Crippen LogP contribution in [0.25, 0.3) is 0 Å². The zero-order chi connectivity index (χ0) is 14.4. The Morgan fingerprint density at radius 1 is 1.25 bits per heavy atom. The van der Waals surface area contributed by atoms with Gasteiger partial charge in [0.15, 0.2) is 0 Å². The van der Waals surface area contributed by atoms with Crippen molar-refractivity contribution in [2.75, 3.05) is 23.3 Å². The van der Waals surface area contributed by atoms with E-state index in [-0.39, 0.29) is 11.8 Å². The Morgan fingerprint density at radius 3 is 2.50 bits per heavy atom. The van der Waals surface area contributed by atoms with Gasteiger partial charge in [0.1, 0.15) is 5.82 Å². The maximum absolute atomic E-state index is 12.0. The van der Waals surface area contributed by atoms with Gasteiger partial charge in [-0.3, -0.25) is 4.79 Å². The van der Waals surface area contributed by atoms with E-state index < -0.39 is 0 Å². The third-order valence-corrected chi connectivity index (χ3v) is 4.08. The van der Waals surface area contributed by atoms with Crippen LogP contribution < -0.4 is 10.2 Å². The second-order valence-electron chi connectivity index (χ2n) is 5.45. The van der Waals surface area contributed by atoms with Gasteiger partial charge in [-0.15, -0.1) is 0 Å². The molecule has 20 heavy (non-hydrogen) atoms. The van der Waals surface area contributed by atoms with Gasteiger partial charge in [-0.1, -0.05) is 13.8 Å². The lowest BCUT2D eigenvalue weighted by Gasteiger charge is -2.28. The molecule has 1 N–H and O–H groups in total. The average molecular weight is 275 g/mol. The molecule has 1 aliphatic heterocycles. The molecule has 0 aliphatic carbocycles. The lowest BCUT2D eigenvalue weighted by atomic mass is 10.0. The summed E-state index contributed by atoms with van der Waals surface area (Å²) < 4.78 is 0. The summed E-state index contributed by atoms with van der Waals surface area (Å²) in [6.45, 7) is 6.31. The number of nitrogens with one attached hydrogen (secondary N) is 1. The van der Waals surface area contributed by atoms with Gasteiger partial charge in [0.25, 0.3) is 0 Å². The summed E-state index contributed by atoms with van der Waals surface area (Å²) in [6, 6.07) is 3.96. The highest BCUT2D eigenvalue weighted by Gasteiger charge is 2.15. The summed E-state index contributed by atoms with van der Waals surface area (Å²) in [6.07, 6.45) is 7.45. The van der Waals surface area contributed by atoms with Gasteiger partial charge < -0.3 is 10.2 Å². The number of piperidine rings is 1. The summed E-state index contributed by atoms with van der Waals surface area (Å²) in [5.41, 5.74) is 1.16. The van der Waals surface area contributed by atoms with Crippen LogP contribution in [0.1, 0.15) is 46.0 Å². The molecule has 4 nitrogen and oxygen atoms in total. The Kier molecular flexibility index (Phi) is 5.39. The first-order valence-corrected chi connectivity index (χ1v) is 7.76. The van der Waals surface area contributed by atoms with Gasteiger partial charge in [0.2, 0.25) is 5.91 Å². The van der Waals surface area contributed by atoms with Crippen molar-refractivity contribution in [2.45, 2.75) is 46.0 Å². The van der Waals surface area contributed by atoms with E-state index in [1.165, 1.54) is 19.3 Å². The zero-order valence-corrected chi connectivity index (χ0v) is 12.6. The molecule has 0 atom stereocenters. The van der Waals surface area contributed by atoms with Crippen molar-refractivity contribution in [3.8, 4) is 0 Å². The number of carbonyl (C=O) groups is 1. The molecule has 2 rings (SSSR count). The van der Waals surface area contributed by atoms with Crippen molar-refractivity contribution in [2.24, 2.45) is 5.92 Å². The molecule has 0 saturated carbocycles. The van der Waals surface area contributed by atoms with Crippen molar-refractivity contribution in [1.82, 2.24) is 4.98 Å². The quantitative estimate of drug-likeness (QED) is 0.895. The van der Waals surface area contributed by atoms with E-state index in [1.54, 1.807) is 0 Å². The Bertz CT molecular complexity index is 420. The molecule has 1 amide bonds. The Hall–Kier alpha value is -1.58. The number of pyridine rings is 1. The number of hydrogen-bond acceptors (Lipinski definition) is 3. The maximum Gasteiger partial charge on any atom is 0.228 e. The monoisotopic (exact) mass is 275 g/mol. The molecule has 1 aromatic rings. The van der Waals surface area contributed by atoms with E-state index in [4.69, 9.17) is 0 Å². The Labute approximate surface area is 121 Å². The molecule has 1 saturated heterocycles. The second-order valence-corrected chi connectivity index (χ2v) is 5.45. The van der Waals surface area contributed by atoms with Crippen molar-refractivity contribution in [3.05, 3.63) is 18.3 Å². The molecule has 0 aromatic carbocycles. The van der Waals surface area contributed by atoms with E-state index in [1.807, 2.05) is 26.1 Å². The van der Waals surface area contributed by atoms with Crippen molar-refractivity contribution >= 4 is 17.4 Å². The molecule has 0 radical (unpaired) electrons. The molecule has 0 bridgehead atoms. The highest BCUT2D eigenvalue weighted by atomic mass is 16.1. The fraction of sp³-hybridized carbons (Fsp3) is 0.625. The molecule has 0 spiro atoms. The van der Waals surface area contributed by atoms with E-state index in [2.05, 4.69) is 21.3 Å². The van der Waals surface area contributed by atoms with Crippen LogP contribution in [0.4, 0.5) is 11.5 Å². The second kappa shape index (κ2) is 7.27. The third kappa shape index (κ3) is 3.71.